The number of aryl methyl sites for hydroxylation is 1. The van der Waals surface area contributed by atoms with Crippen molar-refractivity contribution in [2.45, 2.75) is 26.1 Å². The van der Waals surface area contributed by atoms with E-state index in [4.69, 9.17) is 21.1 Å². The summed E-state index contributed by atoms with van der Waals surface area (Å²) >= 11 is 6.08. The number of nitrogens with one attached hydrogen (secondary N) is 1. The second-order valence-corrected chi connectivity index (χ2v) is 5.20. The molecule has 3 rings (SSSR count). The minimum atomic E-state index is -0.101. The van der Waals surface area contributed by atoms with Crippen molar-refractivity contribution in [3.05, 3.63) is 34.6 Å². The molecule has 9 heteroatoms. The average molecular weight is 324 g/mol. The Morgan fingerprint density at radius 3 is 3.18 bits per heavy atom. The third-order valence-electron chi connectivity index (χ3n) is 3.19. The Hall–Kier alpha value is -2.19. The first-order chi connectivity index (χ1) is 10.7. The van der Waals surface area contributed by atoms with Gasteiger partial charge in [0.05, 0.1) is 13.2 Å². The van der Waals surface area contributed by atoms with Crippen molar-refractivity contribution in [2.75, 3.05) is 6.79 Å². The molecule has 0 saturated heterocycles. The van der Waals surface area contributed by atoms with Gasteiger partial charge in [0.15, 0.2) is 6.79 Å². The molecule has 0 atom stereocenters. The lowest BCUT2D eigenvalue weighted by Gasteiger charge is -2.21. The fourth-order valence-corrected chi connectivity index (χ4v) is 2.43. The minimum absolute atomic E-state index is 0.101. The average Bonchev–Trinajstić information content (AvgIpc) is 3.04. The van der Waals surface area contributed by atoms with E-state index in [9.17, 15) is 4.79 Å². The molecule has 0 bridgehead atoms. The van der Waals surface area contributed by atoms with Gasteiger partial charge in [-0.1, -0.05) is 11.6 Å². The Morgan fingerprint density at radius 2 is 2.36 bits per heavy atom. The van der Waals surface area contributed by atoms with Crippen LogP contribution in [0.25, 0.3) is 0 Å². The van der Waals surface area contributed by atoms with Crippen LogP contribution in [0.5, 0.6) is 5.75 Å². The maximum Gasteiger partial charge on any atom is 0.222 e. The lowest BCUT2D eigenvalue weighted by atomic mass is 10.1. The van der Waals surface area contributed by atoms with Gasteiger partial charge >= 0.3 is 0 Å². The summed E-state index contributed by atoms with van der Waals surface area (Å²) < 4.78 is 12.2. The maximum absolute atomic E-state index is 11.9. The quantitative estimate of drug-likeness (QED) is 0.879. The number of benzene rings is 1. The van der Waals surface area contributed by atoms with Crippen molar-refractivity contribution in [1.29, 1.82) is 0 Å². The number of nitrogens with zero attached hydrogens (tertiary/aromatic N) is 4. The van der Waals surface area contributed by atoms with Gasteiger partial charge in [-0.05, 0) is 22.6 Å². The van der Waals surface area contributed by atoms with Crippen LogP contribution in [0.1, 0.15) is 17.5 Å². The Kier molecular flexibility index (Phi) is 4.50. The third kappa shape index (κ3) is 3.52. The fraction of sp³-hybridized carbons (Fsp3) is 0.385. The molecule has 0 fully saturated rings. The molecule has 0 unspecified atom stereocenters. The summed E-state index contributed by atoms with van der Waals surface area (Å²) in [6.45, 7) is 1.43. The summed E-state index contributed by atoms with van der Waals surface area (Å²) in [5.41, 5.74) is 1.72. The van der Waals surface area contributed by atoms with E-state index in [2.05, 4.69) is 20.8 Å². The summed E-state index contributed by atoms with van der Waals surface area (Å²) in [5.74, 6) is 0.632. The molecule has 1 amide bonds. The molecule has 1 aliphatic rings. The summed E-state index contributed by atoms with van der Waals surface area (Å²) in [6.07, 6.45) is 1.76. The SMILES string of the molecule is O=C(CCn1cnnn1)NCc1cc(Cl)cc2c1OCOC2. The van der Waals surface area contributed by atoms with Crippen molar-refractivity contribution >= 4 is 17.5 Å². The van der Waals surface area contributed by atoms with Crippen molar-refractivity contribution in [3.8, 4) is 5.75 Å². The topological polar surface area (TPSA) is 91.2 Å². The highest BCUT2D eigenvalue weighted by Gasteiger charge is 2.16. The molecule has 1 aromatic carbocycles. The number of carbonyl (C=O) groups is 1. The van der Waals surface area contributed by atoms with Crippen molar-refractivity contribution in [2.24, 2.45) is 0 Å². The number of hydrogen-bond acceptors (Lipinski definition) is 6. The molecule has 22 heavy (non-hydrogen) atoms. The predicted octanol–water partition coefficient (Wildman–Crippen LogP) is 0.899. The molecule has 0 saturated carbocycles. The monoisotopic (exact) mass is 323 g/mol. The summed E-state index contributed by atoms with van der Waals surface area (Å²) in [5, 5.41) is 14.1. The van der Waals surface area contributed by atoms with Crippen molar-refractivity contribution < 1.29 is 14.3 Å². The Balaban J connectivity index is 1.59. The molecule has 116 valence electrons. The molecule has 0 aliphatic carbocycles. The van der Waals surface area contributed by atoms with Gasteiger partial charge in [-0.3, -0.25) is 4.79 Å². The van der Waals surface area contributed by atoms with Crippen LogP contribution < -0.4 is 10.1 Å². The fourth-order valence-electron chi connectivity index (χ4n) is 2.17. The third-order valence-corrected chi connectivity index (χ3v) is 3.41. The van der Waals surface area contributed by atoms with E-state index in [-0.39, 0.29) is 19.1 Å². The van der Waals surface area contributed by atoms with Gasteiger partial charge in [0.2, 0.25) is 5.91 Å². The number of fused-ring (bicyclic) bond motifs is 1. The molecule has 2 aromatic rings. The second-order valence-electron chi connectivity index (χ2n) is 4.76. The first-order valence-corrected chi connectivity index (χ1v) is 7.09. The molecule has 1 aromatic heterocycles. The Labute approximate surface area is 131 Å². The second kappa shape index (κ2) is 6.71. The van der Waals surface area contributed by atoms with Crippen LogP contribution >= 0.6 is 11.6 Å². The molecule has 1 N–H and O–H groups in total. The van der Waals surface area contributed by atoms with Crippen LogP contribution in [0.2, 0.25) is 5.02 Å². The van der Waals surface area contributed by atoms with Gasteiger partial charge < -0.3 is 14.8 Å². The van der Waals surface area contributed by atoms with Crippen LogP contribution in [0, 0.1) is 0 Å². The highest BCUT2D eigenvalue weighted by Crippen LogP contribution is 2.31. The van der Waals surface area contributed by atoms with Crippen LogP contribution in [-0.4, -0.2) is 32.9 Å². The zero-order valence-electron chi connectivity index (χ0n) is 11.7. The molecule has 8 nitrogen and oxygen atoms in total. The first kappa shape index (κ1) is 14.7. The van der Waals surface area contributed by atoms with Gasteiger partial charge in [0, 0.05) is 29.1 Å². The number of halogens is 1. The lowest BCUT2D eigenvalue weighted by Crippen LogP contribution is -2.25. The highest BCUT2D eigenvalue weighted by molar-refractivity contribution is 6.30. The number of rotatable bonds is 5. The molecule has 1 aliphatic heterocycles. The first-order valence-electron chi connectivity index (χ1n) is 6.71. The normalized spacial score (nSPS) is 13.3. The van der Waals surface area contributed by atoms with Crippen LogP contribution in [-0.2, 0) is 29.2 Å². The van der Waals surface area contributed by atoms with Crippen molar-refractivity contribution in [3.63, 3.8) is 0 Å². The standard InChI is InChI=1S/C13H14ClN5O3/c14-11-3-9(13-10(4-11)6-21-8-22-13)5-15-12(20)1-2-19-7-16-17-18-19/h3-4,7H,1-2,5-6,8H2,(H,15,20). The zero-order valence-corrected chi connectivity index (χ0v) is 12.4. The van der Waals surface area contributed by atoms with Crippen molar-refractivity contribution in [1.82, 2.24) is 25.5 Å². The van der Waals surface area contributed by atoms with E-state index in [0.29, 0.717) is 24.7 Å². The molecule has 0 radical (unpaired) electrons. The largest absolute Gasteiger partial charge is 0.467 e. The number of amides is 1. The lowest BCUT2D eigenvalue weighted by molar-refractivity contribution is -0.121. The van der Waals surface area contributed by atoms with Gasteiger partial charge in [-0.25, -0.2) is 4.68 Å². The number of hydrogen-bond donors (Lipinski definition) is 1. The van der Waals surface area contributed by atoms with Gasteiger partial charge in [0.25, 0.3) is 0 Å². The Bertz CT molecular complexity index is 662. The summed E-state index contributed by atoms with van der Waals surface area (Å²) in [7, 11) is 0. The van der Waals surface area contributed by atoms with E-state index in [1.165, 1.54) is 11.0 Å². The number of ether oxygens (including phenoxy) is 2. The highest BCUT2D eigenvalue weighted by atomic mass is 35.5. The Morgan fingerprint density at radius 1 is 1.45 bits per heavy atom. The zero-order chi connectivity index (χ0) is 15.4. The van der Waals surface area contributed by atoms with E-state index in [1.54, 1.807) is 12.1 Å². The van der Waals surface area contributed by atoms with Gasteiger partial charge in [-0.15, -0.1) is 5.10 Å². The molecule has 2 heterocycles. The molecular weight excluding hydrogens is 310 g/mol. The number of aromatic nitrogens is 4. The molecular formula is C13H14ClN5O3. The summed E-state index contributed by atoms with van der Waals surface area (Å²) in [6, 6.07) is 3.59. The maximum atomic E-state index is 11.9. The summed E-state index contributed by atoms with van der Waals surface area (Å²) in [4.78, 5) is 11.9. The van der Waals surface area contributed by atoms with E-state index < -0.39 is 0 Å². The number of tetrazole rings is 1. The molecule has 0 spiro atoms. The predicted molar refractivity (Wildman–Crippen MR) is 76.0 cm³/mol. The van der Waals surface area contributed by atoms with Crippen LogP contribution in [0.4, 0.5) is 0 Å². The van der Waals surface area contributed by atoms with Gasteiger partial charge in [0.1, 0.15) is 12.1 Å². The minimum Gasteiger partial charge on any atom is -0.467 e. The van der Waals surface area contributed by atoms with E-state index >= 15 is 0 Å². The van der Waals surface area contributed by atoms with E-state index in [0.717, 1.165) is 16.9 Å². The number of carbonyl (C=O) groups excluding carboxylic acids is 1. The van der Waals surface area contributed by atoms with Gasteiger partial charge in [-0.2, -0.15) is 0 Å². The van der Waals surface area contributed by atoms with Crippen LogP contribution in [0.15, 0.2) is 18.5 Å². The van der Waals surface area contributed by atoms with Crippen LogP contribution in [0.3, 0.4) is 0 Å². The van der Waals surface area contributed by atoms with E-state index in [1.807, 2.05) is 0 Å². The smallest absolute Gasteiger partial charge is 0.222 e.